The second-order valence-corrected chi connectivity index (χ2v) is 6.28. The van der Waals surface area contributed by atoms with Crippen LogP contribution >= 0.6 is 15.9 Å². The average Bonchev–Trinajstić information content (AvgIpc) is 2.63. The number of benzene rings is 1. The first-order chi connectivity index (χ1) is 12.5. The lowest BCUT2D eigenvalue weighted by Crippen LogP contribution is -2.30. The quantitative estimate of drug-likeness (QED) is 0.474. The fourth-order valence-corrected chi connectivity index (χ4v) is 2.38. The lowest BCUT2D eigenvalue weighted by Gasteiger charge is -2.13. The van der Waals surface area contributed by atoms with E-state index >= 15 is 0 Å². The van der Waals surface area contributed by atoms with E-state index in [2.05, 4.69) is 47.1 Å². The average molecular weight is 414 g/mol. The molecule has 3 aromatic rings. The highest BCUT2D eigenvalue weighted by Crippen LogP contribution is 2.24. The van der Waals surface area contributed by atoms with Crippen LogP contribution in [-0.4, -0.2) is 20.9 Å². The number of amides is 1. The van der Waals surface area contributed by atoms with Crippen LogP contribution in [0.5, 0.6) is 0 Å². The van der Waals surface area contributed by atoms with Crippen molar-refractivity contribution >= 4 is 45.0 Å². The molecule has 0 unspecified atom stereocenters. The molecule has 132 valence electrons. The van der Waals surface area contributed by atoms with Gasteiger partial charge in [0, 0.05) is 15.7 Å². The summed E-state index contributed by atoms with van der Waals surface area (Å²) in [6.07, 6.45) is 1.34. The van der Waals surface area contributed by atoms with Gasteiger partial charge in [0.1, 0.15) is 17.8 Å². The predicted octanol–water partition coefficient (Wildman–Crippen LogP) is 3.03. The summed E-state index contributed by atoms with van der Waals surface area (Å²) in [5.41, 5.74) is 13.0. The summed E-state index contributed by atoms with van der Waals surface area (Å²) in [6, 6.07) is 12.5. The molecule has 26 heavy (non-hydrogen) atoms. The van der Waals surface area contributed by atoms with E-state index in [9.17, 15) is 4.79 Å². The van der Waals surface area contributed by atoms with Gasteiger partial charge >= 0.3 is 0 Å². The molecule has 1 amide bonds. The lowest BCUT2D eigenvalue weighted by molar-refractivity contribution is 0.0962. The molecule has 0 saturated carbocycles. The molecule has 3 rings (SSSR count). The number of nitrogens with one attached hydrogen (secondary N) is 3. The summed E-state index contributed by atoms with van der Waals surface area (Å²) >= 11 is 3.33. The van der Waals surface area contributed by atoms with Crippen molar-refractivity contribution in [2.45, 2.75) is 6.92 Å². The summed E-state index contributed by atoms with van der Waals surface area (Å²) in [6.45, 7) is 1.89. The van der Waals surface area contributed by atoms with Gasteiger partial charge in [-0.25, -0.2) is 15.0 Å². The van der Waals surface area contributed by atoms with Crippen LogP contribution < -0.4 is 21.9 Å². The Bertz CT molecular complexity index is 931. The smallest absolute Gasteiger partial charge is 0.269 e. The van der Waals surface area contributed by atoms with E-state index in [1.807, 2.05) is 19.1 Å². The highest BCUT2D eigenvalue weighted by molar-refractivity contribution is 9.10. The van der Waals surface area contributed by atoms with Gasteiger partial charge in [0.05, 0.1) is 0 Å². The monoisotopic (exact) mass is 413 g/mol. The van der Waals surface area contributed by atoms with Gasteiger partial charge in [-0.15, -0.1) is 0 Å². The Balaban J connectivity index is 1.70. The number of hydrogen-bond donors (Lipinski definition) is 4. The first-order valence-electron chi connectivity index (χ1n) is 7.66. The molecular weight excluding hydrogens is 398 g/mol. The van der Waals surface area contributed by atoms with Crippen LogP contribution in [0.25, 0.3) is 0 Å². The SMILES string of the molecule is Cc1cccc(Nc2ncnc(NNC(=O)c3ccc(Br)cc3)c2N)n1. The number of carbonyl (C=O) groups is 1. The lowest BCUT2D eigenvalue weighted by atomic mass is 10.2. The molecule has 0 atom stereocenters. The van der Waals surface area contributed by atoms with Gasteiger partial charge in [0.25, 0.3) is 5.91 Å². The molecule has 0 aliphatic heterocycles. The number of aryl methyl sites for hydroxylation is 1. The minimum atomic E-state index is -0.314. The minimum absolute atomic E-state index is 0.256. The Hall–Kier alpha value is -3.20. The third-order valence-electron chi connectivity index (χ3n) is 3.42. The Kier molecular flexibility index (Phi) is 5.28. The predicted molar refractivity (Wildman–Crippen MR) is 104 cm³/mol. The zero-order chi connectivity index (χ0) is 18.5. The molecule has 0 radical (unpaired) electrons. The maximum atomic E-state index is 12.2. The number of rotatable bonds is 5. The Morgan fingerprint density at radius 3 is 2.54 bits per heavy atom. The van der Waals surface area contributed by atoms with Crippen LogP contribution in [0.2, 0.25) is 0 Å². The van der Waals surface area contributed by atoms with Gasteiger partial charge in [-0.2, -0.15) is 0 Å². The normalized spacial score (nSPS) is 10.2. The second-order valence-electron chi connectivity index (χ2n) is 5.36. The van der Waals surface area contributed by atoms with Crippen molar-refractivity contribution in [1.29, 1.82) is 0 Å². The Morgan fingerprint density at radius 2 is 1.81 bits per heavy atom. The van der Waals surface area contributed by atoms with Crippen molar-refractivity contribution in [1.82, 2.24) is 20.4 Å². The van der Waals surface area contributed by atoms with Gasteiger partial charge in [-0.1, -0.05) is 22.0 Å². The molecular formula is C17H16BrN7O. The number of halogens is 1. The van der Waals surface area contributed by atoms with Gasteiger partial charge in [0.2, 0.25) is 0 Å². The van der Waals surface area contributed by atoms with Crippen molar-refractivity contribution in [2.24, 2.45) is 0 Å². The van der Waals surface area contributed by atoms with Crippen molar-refractivity contribution in [3.8, 4) is 0 Å². The number of nitrogens with two attached hydrogens (primary N) is 1. The van der Waals surface area contributed by atoms with Crippen LogP contribution in [0.3, 0.4) is 0 Å². The first kappa shape index (κ1) is 17.6. The zero-order valence-electron chi connectivity index (χ0n) is 13.8. The van der Waals surface area contributed by atoms with Crippen molar-refractivity contribution in [3.05, 3.63) is 64.5 Å². The fourth-order valence-electron chi connectivity index (χ4n) is 2.12. The Morgan fingerprint density at radius 1 is 1.08 bits per heavy atom. The van der Waals surface area contributed by atoms with Crippen LogP contribution in [0, 0.1) is 6.92 Å². The van der Waals surface area contributed by atoms with E-state index in [1.54, 1.807) is 30.3 Å². The molecule has 5 N–H and O–H groups in total. The number of pyridine rings is 1. The third-order valence-corrected chi connectivity index (χ3v) is 3.95. The zero-order valence-corrected chi connectivity index (χ0v) is 15.4. The van der Waals surface area contributed by atoms with Crippen LogP contribution in [0.1, 0.15) is 16.1 Å². The van der Waals surface area contributed by atoms with E-state index in [0.717, 1.165) is 10.2 Å². The summed E-state index contributed by atoms with van der Waals surface area (Å²) in [5, 5.41) is 3.03. The highest BCUT2D eigenvalue weighted by atomic mass is 79.9. The molecule has 0 fully saturated rings. The number of nitrogen functional groups attached to an aromatic ring is 1. The summed E-state index contributed by atoms with van der Waals surface area (Å²) in [7, 11) is 0. The van der Waals surface area contributed by atoms with Crippen LogP contribution in [0.4, 0.5) is 23.1 Å². The summed E-state index contributed by atoms with van der Waals surface area (Å²) < 4.78 is 0.891. The number of nitrogens with zero attached hydrogens (tertiary/aromatic N) is 3. The van der Waals surface area contributed by atoms with Gasteiger partial charge in [-0.05, 0) is 43.3 Å². The van der Waals surface area contributed by atoms with Crippen molar-refractivity contribution < 1.29 is 4.79 Å². The molecule has 0 saturated heterocycles. The number of hydrazine groups is 1. The number of hydrogen-bond acceptors (Lipinski definition) is 7. The first-order valence-corrected chi connectivity index (χ1v) is 8.45. The van der Waals surface area contributed by atoms with E-state index in [0.29, 0.717) is 17.2 Å². The largest absolute Gasteiger partial charge is 0.393 e. The van der Waals surface area contributed by atoms with Crippen molar-refractivity contribution in [2.75, 3.05) is 16.5 Å². The molecule has 0 aliphatic carbocycles. The third kappa shape index (κ3) is 4.25. The fraction of sp³-hybridized carbons (Fsp3) is 0.0588. The molecule has 8 nitrogen and oxygen atoms in total. The van der Waals surface area contributed by atoms with Crippen LogP contribution in [0.15, 0.2) is 53.3 Å². The molecule has 2 aromatic heterocycles. The molecule has 9 heteroatoms. The van der Waals surface area contributed by atoms with Gasteiger partial charge in [-0.3, -0.25) is 15.6 Å². The Labute approximate surface area is 158 Å². The maximum absolute atomic E-state index is 12.2. The number of anilines is 4. The highest BCUT2D eigenvalue weighted by Gasteiger charge is 2.11. The molecule has 2 heterocycles. The topological polar surface area (TPSA) is 118 Å². The number of carbonyl (C=O) groups excluding carboxylic acids is 1. The number of aromatic nitrogens is 3. The molecule has 1 aromatic carbocycles. The minimum Gasteiger partial charge on any atom is -0.393 e. The summed E-state index contributed by atoms with van der Waals surface area (Å²) in [4.78, 5) is 24.7. The molecule has 0 aliphatic rings. The standard InChI is InChI=1S/C17H16BrN7O/c1-10-3-2-4-13(22-10)23-15-14(19)16(21-9-20-15)24-25-17(26)11-5-7-12(18)8-6-11/h2-9H,19H2,1H3,(H,25,26)(H2,20,21,22,23,24). The van der Waals surface area contributed by atoms with E-state index in [1.165, 1.54) is 6.33 Å². The van der Waals surface area contributed by atoms with Crippen molar-refractivity contribution in [3.63, 3.8) is 0 Å². The summed E-state index contributed by atoms with van der Waals surface area (Å²) in [5.74, 6) is 0.963. The molecule has 0 bridgehead atoms. The second kappa shape index (κ2) is 7.79. The van der Waals surface area contributed by atoms with E-state index in [4.69, 9.17) is 5.73 Å². The maximum Gasteiger partial charge on any atom is 0.269 e. The van der Waals surface area contributed by atoms with E-state index < -0.39 is 0 Å². The van der Waals surface area contributed by atoms with Crippen LogP contribution in [-0.2, 0) is 0 Å². The van der Waals surface area contributed by atoms with Gasteiger partial charge < -0.3 is 11.1 Å². The molecule has 0 spiro atoms. The van der Waals surface area contributed by atoms with E-state index in [-0.39, 0.29) is 17.4 Å². The van der Waals surface area contributed by atoms with Gasteiger partial charge in [0.15, 0.2) is 11.6 Å².